The number of likely N-dealkylation sites (N-methyl/N-ethyl adjacent to an activating group) is 1. The van der Waals surface area contributed by atoms with Gasteiger partial charge in [-0.15, -0.1) is 0 Å². The van der Waals surface area contributed by atoms with E-state index in [2.05, 4.69) is 15.5 Å². The molecular formula is C19H19F2N3O2. The molecule has 2 aromatic carbocycles. The number of nitrogens with zero attached hydrogens (tertiary/aromatic N) is 2. The van der Waals surface area contributed by atoms with Crippen LogP contribution in [-0.2, 0) is 6.42 Å². The van der Waals surface area contributed by atoms with Gasteiger partial charge in [0.05, 0.1) is 12.7 Å². The molecule has 136 valence electrons. The van der Waals surface area contributed by atoms with Gasteiger partial charge < -0.3 is 14.6 Å². The molecule has 3 aromatic rings. The van der Waals surface area contributed by atoms with Gasteiger partial charge in [0.1, 0.15) is 17.4 Å². The SMILES string of the molecule is CNC(C)Cc1noc(-c2ccc(-c3ccc(OC)cc3F)cc2F)n1. The smallest absolute Gasteiger partial charge is 0.260 e. The lowest BCUT2D eigenvalue weighted by Crippen LogP contribution is -2.24. The second-order valence-electron chi connectivity index (χ2n) is 5.95. The van der Waals surface area contributed by atoms with Gasteiger partial charge >= 0.3 is 0 Å². The number of benzene rings is 2. The molecule has 0 bridgehead atoms. The predicted molar refractivity (Wildman–Crippen MR) is 93.9 cm³/mol. The Kier molecular flexibility index (Phi) is 5.27. The van der Waals surface area contributed by atoms with Gasteiger partial charge in [-0.3, -0.25) is 0 Å². The molecule has 7 heteroatoms. The van der Waals surface area contributed by atoms with E-state index in [1.165, 1.54) is 25.3 Å². The van der Waals surface area contributed by atoms with E-state index in [0.29, 0.717) is 23.6 Å². The highest BCUT2D eigenvalue weighted by atomic mass is 19.1. The van der Waals surface area contributed by atoms with Crippen LogP contribution in [0.25, 0.3) is 22.6 Å². The summed E-state index contributed by atoms with van der Waals surface area (Å²) >= 11 is 0. The highest BCUT2D eigenvalue weighted by Gasteiger charge is 2.16. The first-order chi connectivity index (χ1) is 12.5. The van der Waals surface area contributed by atoms with Crippen molar-refractivity contribution in [3.63, 3.8) is 0 Å². The molecule has 0 saturated heterocycles. The number of halogens is 2. The van der Waals surface area contributed by atoms with Gasteiger partial charge in [-0.1, -0.05) is 11.2 Å². The summed E-state index contributed by atoms with van der Waals surface area (Å²) in [6.07, 6.45) is 0.566. The molecule has 0 aliphatic carbocycles. The Hall–Kier alpha value is -2.80. The Balaban J connectivity index is 1.88. The maximum Gasteiger partial charge on any atom is 0.260 e. The minimum Gasteiger partial charge on any atom is -0.497 e. The molecule has 1 N–H and O–H groups in total. The molecule has 0 aliphatic heterocycles. The van der Waals surface area contributed by atoms with Gasteiger partial charge in [-0.2, -0.15) is 4.98 Å². The molecule has 0 fully saturated rings. The fourth-order valence-electron chi connectivity index (χ4n) is 2.54. The highest BCUT2D eigenvalue weighted by molar-refractivity contribution is 5.69. The van der Waals surface area contributed by atoms with Crippen molar-refractivity contribution in [3.8, 4) is 28.3 Å². The molecule has 3 rings (SSSR count). The van der Waals surface area contributed by atoms with Crippen LogP contribution in [0.1, 0.15) is 12.7 Å². The van der Waals surface area contributed by atoms with Crippen molar-refractivity contribution in [2.24, 2.45) is 0 Å². The summed E-state index contributed by atoms with van der Waals surface area (Å²) in [4.78, 5) is 4.22. The molecule has 0 radical (unpaired) electrons. The zero-order chi connectivity index (χ0) is 18.7. The third-order valence-electron chi connectivity index (χ3n) is 4.14. The number of ether oxygens (including phenoxy) is 1. The van der Waals surface area contributed by atoms with E-state index in [-0.39, 0.29) is 23.1 Å². The number of aromatic nitrogens is 2. The van der Waals surface area contributed by atoms with Crippen molar-refractivity contribution >= 4 is 0 Å². The van der Waals surface area contributed by atoms with Gasteiger partial charge in [0.15, 0.2) is 5.82 Å². The minimum absolute atomic E-state index is 0.0996. The fourth-order valence-corrected chi connectivity index (χ4v) is 2.54. The van der Waals surface area contributed by atoms with E-state index < -0.39 is 11.6 Å². The van der Waals surface area contributed by atoms with Crippen molar-refractivity contribution in [2.75, 3.05) is 14.2 Å². The first-order valence-corrected chi connectivity index (χ1v) is 8.15. The van der Waals surface area contributed by atoms with Gasteiger partial charge in [-0.25, -0.2) is 8.78 Å². The summed E-state index contributed by atoms with van der Waals surface area (Å²) in [6, 6.07) is 8.97. The van der Waals surface area contributed by atoms with Crippen LogP contribution in [0.5, 0.6) is 5.75 Å². The number of nitrogens with one attached hydrogen (secondary N) is 1. The molecule has 1 heterocycles. The van der Waals surface area contributed by atoms with Crippen LogP contribution >= 0.6 is 0 Å². The second-order valence-corrected chi connectivity index (χ2v) is 5.95. The monoisotopic (exact) mass is 359 g/mol. The van der Waals surface area contributed by atoms with Crippen molar-refractivity contribution < 1.29 is 18.0 Å². The Morgan fingerprint density at radius 1 is 1.12 bits per heavy atom. The molecular weight excluding hydrogens is 340 g/mol. The van der Waals surface area contributed by atoms with Gasteiger partial charge in [0.25, 0.3) is 5.89 Å². The van der Waals surface area contributed by atoms with E-state index in [0.717, 1.165) is 0 Å². The summed E-state index contributed by atoms with van der Waals surface area (Å²) in [7, 11) is 3.29. The Bertz CT molecular complexity index is 912. The molecule has 5 nitrogen and oxygen atoms in total. The largest absolute Gasteiger partial charge is 0.497 e. The Morgan fingerprint density at radius 3 is 2.50 bits per heavy atom. The summed E-state index contributed by atoms with van der Waals surface area (Å²) < 4.78 is 38.9. The Morgan fingerprint density at radius 2 is 1.85 bits per heavy atom. The van der Waals surface area contributed by atoms with Crippen molar-refractivity contribution in [2.45, 2.75) is 19.4 Å². The average Bonchev–Trinajstić information content (AvgIpc) is 3.09. The topological polar surface area (TPSA) is 60.2 Å². The summed E-state index contributed by atoms with van der Waals surface area (Å²) in [5.41, 5.74) is 0.874. The minimum atomic E-state index is -0.561. The standard InChI is InChI=1S/C19H19F2N3O2/c1-11(22-2)8-18-23-19(26-24-18)15-6-4-12(9-16(15)20)14-7-5-13(25-3)10-17(14)21/h4-7,9-11,22H,8H2,1-3H3. The van der Waals surface area contributed by atoms with E-state index in [4.69, 9.17) is 9.26 Å². The molecule has 0 amide bonds. The summed E-state index contributed by atoms with van der Waals surface area (Å²) in [5, 5.41) is 6.94. The second kappa shape index (κ2) is 7.61. The first-order valence-electron chi connectivity index (χ1n) is 8.15. The molecule has 0 aliphatic rings. The van der Waals surface area contributed by atoms with Gasteiger partial charge in [0, 0.05) is 24.1 Å². The van der Waals surface area contributed by atoms with E-state index in [1.54, 1.807) is 18.2 Å². The highest BCUT2D eigenvalue weighted by Crippen LogP contribution is 2.30. The van der Waals surface area contributed by atoms with Crippen LogP contribution in [0.2, 0.25) is 0 Å². The maximum atomic E-state index is 14.5. The van der Waals surface area contributed by atoms with Crippen molar-refractivity contribution in [1.29, 1.82) is 0 Å². The summed E-state index contributed by atoms with van der Waals surface area (Å²) in [5.74, 6) is -0.0566. The van der Waals surface area contributed by atoms with Crippen LogP contribution in [0.3, 0.4) is 0 Å². The Labute approximate surface area is 150 Å². The lowest BCUT2D eigenvalue weighted by Gasteiger charge is -2.07. The first kappa shape index (κ1) is 18.0. The fraction of sp³-hybridized carbons (Fsp3) is 0.263. The van der Waals surface area contributed by atoms with Crippen LogP contribution in [0.4, 0.5) is 8.78 Å². The number of hydrogen-bond acceptors (Lipinski definition) is 5. The van der Waals surface area contributed by atoms with Crippen LogP contribution in [0.15, 0.2) is 40.9 Å². The zero-order valence-corrected chi connectivity index (χ0v) is 14.7. The van der Waals surface area contributed by atoms with E-state index in [9.17, 15) is 8.78 Å². The normalized spacial score (nSPS) is 12.2. The molecule has 0 spiro atoms. The lowest BCUT2D eigenvalue weighted by molar-refractivity contribution is 0.411. The molecule has 1 aromatic heterocycles. The third-order valence-corrected chi connectivity index (χ3v) is 4.14. The number of hydrogen-bond donors (Lipinski definition) is 1. The average molecular weight is 359 g/mol. The van der Waals surface area contributed by atoms with Crippen LogP contribution < -0.4 is 10.1 Å². The van der Waals surface area contributed by atoms with Crippen molar-refractivity contribution in [3.05, 3.63) is 53.9 Å². The van der Waals surface area contributed by atoms with Gasteiger partial charge in [-0.05, 0) is 43.8 Å². The molecule has 26 heavy (non-hydrogen) atoms. The van der Waals surface area contributed by atoms with Crippen molar-refractivity contribution in [1.82, 2.24) is 15.5 Å². The molecule has 1 unspecified atom stereocenters. The third kappa shape index (κ3) is 3.72. The summed E-state index contributed by atoms with van der Waals surface area (Å²) in [6.45, 7) is 1.98. The maximum absolute atomic E-state index is 14.5. The number of rotatable bonds is 6. The van der Waals surface area contributed by atoms with E-state index >= 15 is 0 Å². The zero-order valence-electron chi connectivity index (χ0n) is 14.7. The van der Waals surface area contributed by atoms with Crippen LogP contribution in [-0.4, -0.2) is 30.3 Å². The predicted octanol–water partition coefficient (Wildman–Crippen LogP) is 3.84. The van der Waals surface area contributed by atoms with Crippen LogP contribution in [0, 0.1) is 11.6 Å². The van der Waals surface area contributed by atoms with Gasteiger partial charge in [0.2, 0.25) is 0 Å². The number of methoxy groups -OCH3 is 1. The molecule has 0 saturated carbocycles. The molecule has 1 atom stereocenters. The quantitative estimate of drug-likeness (QED) is 0.725. The lowest BCUT2D eigenvalue weighted by atomic mass is 10.0. The van der Waals surface area contributed by atoms with E-state index in [1.807, 2.05) is 14.0 Å².